The van der Waals surface area contributed by atoms with Crippen molar-refractivity contribution in [1.29, 1.82) is 0 Å². The van der Waals surface area contributed by atoms with Crippen LogP contribution in [0.4, 0.5) is 17.1 Å². The smallest absolute Gasteiger partial charge is 0.261 e. The molecule has 37 heavy (non-hydrogen) atoms. The van der Waals surface area contributed by atoms with Gasteiger partial charge in [-0.2, -0.15) is 0 Å². The van der Waals surface area contributed by atoms with E-state index in [9.17, 15) is 18.0 Å². The van der Waals surface area contributed by atoms with E-state index >= 15 is 0 Å². The van der Waals surface area contributed by atoms with Crippen LogP contribution in [0.1, 0.15) is 56.2 Å². The van der Waals surface area contributed by atoms with Crippen LogP contribution in [0.3, 0.4) is 0 Å². The average Bonchev–Trinajstić information content (AvgIpc) is 3.38. The summed E-state index contributed by atoms with van der Waals surface area (Å²) in [6.07, 6.45) is 4.28. The van der Waals surface area contributed by atoms with Gasteiger partial charge in [0, 0.05) is 31.4 Å². The summed E-state index contributed by atoms with van der Waals surface area (Å²) in [5.74, 6) is 0.240. The summed E-state index contributed by atoms with van der Waals surface area (Å²) in [5.41, 5.74) is 1.83. The number of anilines is 3. The zero-order valence-electron chi connectivity index (χ0n) is 21.4. The van der Waals surface area contributed by atoms with Crippen LogP contribution in [0, 0.1) is 0 Å². The summed E-state index contributed by atoms with van der Waals surface area (Å²) in [6, 6.07) is 14.5. The van der Waals surface area contributed by atoms with E-state index in [1.165, 1.54) is 31.2 Å². The Hall–Kier alpha value is -3.79. The van der Waals surface area contributed by atoms with Gasteiger partial charge in [0.1, 0.15) is 5.76 Å². The lowest BCUT2D eigenvalue weighted by Crippen LogP contribution is -2.30. The number of furan rings is 1. The van der Waals surface area contributed by atoms with Crippen molar-refractivity contribution in [2.24, 2.45) is 0 Å². The monoisotopic (exact) mass is 526 g/mol. The molecule has 0 radical (unpaired) electrons. The molecule has 3 N–H and O–H groups in total. The van der Waals surface area contributed by atoms with E-state index in [0.29, 0.717) is 36.6 Å². The highest BCUT2D eigenvalue weighted by Gasteiger charge is 2.21. The lowest BCUT2D eigenvalue weighted by atomic mass is 10.1. The van der Waals surface area contributed by atoms with Gasteiger partial charge >= 0.3 is 0 Å². The molecule has 0 fully saturated rings. The summed E-state index contributed by atoms with van der Waals surface area (Å²) in [5, 5.41) is 5.51. The molecule has 3 aromatic rings. The first-order chi connectivity index (χ1) is 17.7. The minimum atomic E-state index is -3.93. The van der Waals surface area contributed by atoms with Crippen molar-refractivity contribution >= 4 is 38.9 Å². The van der Waals surface area contributed by atoms with Crippen LogP contribution >= 0.6 is 0 Å². The number of rotatable bonds is 13. The average molecular weight is 527 g/mol. The molecule has 3 rings (SSSR count). The molecule has 0 atom stereocenters. The summed E-state index contributed by atoms with van der Waals surface area (Å²) in [6.45, 7) is 7.13. The van der Waals surface area contributed by atoms with Crippen LogP contribution in [-0.4, -0.2) is 33.3 Å². The topological polar surface area (TPSA) is 121 Å². The standard InChI is InChI=1S/C27H34N4O5S/c1-4-6-16-31(19-23-8-7-17-36-23)26-14-11-22(18-25(26)27(33)28-15-5-2)30-37(34,35)24-12-9-21(10-13-24)29-20(3)32/h7-14,17-18,30H,4-6,15-16,19H2,1-3H3,(H,28,33)(H,29,32). The third-order valence-electron chi connectivity index (χ3n) is 5.56. The predicted molar refractivity (Wildman–Crippen MR) is 145 cm³/mol. The first kappa shape index (κ1) is 27.8. The van der Waals surface area contributed by atoms with E-state index in [0.717, 1.165) is 25.0 Å². The second-order valence-electron chi connectivity index (χ2n) is 8.65. The summed E-state index contributed by atoms with van der Waals surface area (Å²) < 4.78 is 34.2. The Morgan fingerprint density at radius 1 is 0.973 bits per heavy atom. The van der Waals surface area contributed by atoms with E-state index in [4.69, 9.17) is 4.42 Å². The maximum Gasteiger partial charge on any atom is 0.261 e. The molecule has 9 nitrogen and oxygen atoms in total. The summed E-state index contributed by atoms with van der Waals surface area (Å²) >= 11 is 0. The maximum atomic E-state index is 13.1. The van der Waals surface area contributed by atoms with Crippen LogP contribution in [0.2, 0.25) is 0 Å². The fourth-order valence-corrected chi connectivity index (χ4v) is 4.80. The van der Waals surface area contributed by atoms with Crippen molar-refractivity contribution in [2.75, 3.05) is 28.0 Å². The minimum Gasteiger partial charge on any atom is -0.467 e. The highest BCUT2D eigenvalue weighted by molar-refractivity contribution is 7.92. The first-order valence-corrected chi connectivity index (χ1v) is 13.8. The van der Waals surface area contributed by atoms with Crippen molar-refractivity contribution in [3.63, 3.8) is 0 Å². The quantitative estimate of drug-likeness (QED) is 0.289. The third kappa shape index (κ3) is 7.85. The van der Waals surface area contributed by atoms with Crippen molar-refractivity contribution in [1.82, 2.24) is 5.32 Å². The van der Waals surface area contributed by atoms with Crippen LogP contribution in [0.15, 0.2) is 70.2 Å². The Bertz CT molecular complexity index is 1290. The lowest BCUT2D eigenvalue weighted by molar-refractivity contribution is -0.114. The van der Waals surface area contributed by atoms with Gasteiger partial charge in [0.2, 0.25) is 5.91 Å². The molecule has 1 aromatic heterocycles. The highest BCUT2D eigenvalue weighted by Crippen LogP contribution is 2.28. The molecule has 2 aromatic carbocycles. The molecular formula is C27H34N4O5S. The molecule has 0 saturated heterocycles. The zero-order valence-corrected chi connectivity index (χ0v) is 22.2. The number of nitrogens with one attached hydrogen (secondary N) is 3. The number of sulfonamides is 1. The second kappa shape index (κ2) is 13.0. The van der Waals surface area contributed by atoms with E-state index in [1.807, 2.05) is 19.1 Å². The van der Waals surface area contributed by atoms with Crippen LogP contribution < -0.4 is 20.3 Å². The molecule has 1 heterocycles. The number of hydrogen-bond donors (Lipinski definition) is 3. The SMILES string of the molecule is CCCCN(Cc1ccco1)c1ccc(NS(=O)(=O)c2ccc(NC(C)=O)cc2)cc1C(=O)NCCC. The summed E-state index contributed by atoms with van der Waals surface area (Å²) in [4.78, 5) is 26.5. The Morgan fingerprint density at radius 2 is 1.70 bits per heavy atom. The van der Waals surface area contributed by atoms with Crippen molar-refractivity contribution < 1.29 is 22.4 Å². The molecule has 0 aliphatic carbocycles. The van der Waals surface area contributed by atoms with E-state index in [1.54, 1.807) is 24.5 Å². The zero-order chi connectivity index (χ0) is 26.8. The van der Waals surface area contributed by atoms with Gasteiger partial charge in [0.15, 0.2) is 0 Å². The molecular weight excluding hydrogens is 492 g/mol. The minimum absolute atomic E-state index is 0.0325. The summed E-state index contributed by atoms with van der Waals surface area (Å²) in [7, 11) is -3.93. The van der Waals surface area contributed by atoms with Crippen molar-refractivity contribution in [3.8, 4) is 0 Å². The fraction of sp³-hybridized carbons (Fsp3) is 0.333. The Balaban J connectivity index is 1.93. The number of unbranched alkanes of at least 4 members (excludes halogenated alkanes) is 1. The molecule has 0 aliphatic rings. The number of amides is 2. The van der Waals surface area contributed by atoms with E-state index < -0.39 is 10.0 Å². The van der Waals surface area contributed by atoms with Gasteiger partial charge in [-0.15, -0.1) is 0 Å². The number of nitrogens with zero attached hydrogens (tertiary/aromatic N) is 1. The molecule has 0 spiro atoms. The van der Waals surface area contributed by atoms with Gasteiger partial charge in [0.25, 0.3) is 15.9 Å². The maximum absolute atomic E-state index is 13.1. The van der Waals surface area contributed by atoms with Gasteiger partial charge in [-0.05, 0) is 67.4 Å². The van der Waals surface area contributed by atoms with Gasteiger partial charge in [-0.1, -0.05) is 20.3 Å². The third-order valence-corrected chi connectivity index (χ3v) is 6.96. The largest absolute Gasteiger partial charge is 0.467 e. The van der Waals surface area contributed by atoms with Crippen LogP contribution in [-0.2, 0) is 21.4 Å². The number of carbonyl (C=O) groups is 2. The highest BCUT2D eigenvalue weighted by atomic mass is 32.2. The molecule has 0 aliphatic heterocycles. The number of benzene rings is 2. The number of hydrogen-bond acceptors (Lipinski definition) is 6. The molecule has 0 bridgehead atoms. The second-order valence-corrected chi connectivity index (χ2v) is 10.3. The van der Waals surface area contributed by atoms with Gasteiger partial charge < -0.3 is 20.0 Å². The van der Waals surface area contributed by atoms with E-state index in [2.05, 4.69) is 27.2 Å². The molecule has 0 unspecified atom stereocenters. The van der Waals surface area contributed by atoms with Crippen molar-refractivity contribution in [3.05, 3.63) is 72.2 Å². The van der Waals surface area contributed by atoms with Gasteiger partial charge in [-0.25, -0.2) is 8.42 Å². The molecule has 2 amide bonds. The molecule has 0 saturated carbocycles. The first-order valence-electron chi connectivity index (χ1n) is 12.3. The molecule has 198 valence electrons. The lowest BCUT2D eigenvalue weighted by Gasteiger charge is -2.26. The van der Waals surface area contributed by atoms with Crippen LogP contribution in [0.25, 0.3) is 0 Å². The Kier molecular flexibility index (Phi) is 9.73. The van der Waals surface area contributed by atoms with Gasteiger partial charge in [-0.3, -0.25) is 14.3 Å². The van der Waals surface area contributed by atoms with Crippen LogP contribution in [0.5, 0.6) is 0 Å². The number of carbonyl (C=O) groups excluding carboxylic acids is 2. The molecule has 10 heteroatoms. The normalized spacial score (nSPS) is 11.1. The van der Waals surface area contributed by atoms with Gasteiger partial charge in [0.05, 0.1) is 29.0 Å². The Labute approximate surface area is 218 Å². The van der Waals surface area contributed by atoms with Crippen molar-refractivity contribution in [2.45, 2.75) is 51.5 Å². The predicted octanol–water partition coefficient (Wildman–Crippen LogP) is 4.99. The van der Waals surface area contributed by atoms with E-state index in [-0.39, 0.29) is 22.4 Å². The fourth-order valence-electron chi connectivity index (χ4n) is 3.75. The Morgan fingerprint density at radius 3 is 2.32 bits per heavy atom.